The van der Waals surface area contributed by atoms with Gasteiger partial charge in [-0.05, 0) is 60.7 Å². The number of anilines is 1. The van der Waals surface area contributed by atoms with Crippen LogP contribution in [0.1, 0.15) is 43.6 Å². The summed E-state index contributed by atoms with van der Waals surface area (Å²) in [5.74, 6) is 1.32. The second-order valence-electron chi connectivity index (χ2n) is 7.43. The highest BCUT2D eigenvalue weighted by atomic mass is 32.2. The summed E-state index contributed by atoms with van der Waals surface area (Å²) in [4.78, 5) is 0.188. The van der Waals surface area contributed by atoms with Crippen molar-refractivity contribution in [3.05, 3.63) is 60.2 Å². The van der Waals surface area contributed by atoms with Crippen LogP contribution < -0.4 is 10.5 Å². The van der Waals surface area contributed by atoms with Crippen molar-refractivity contribution in [1.82, 2.24) is 9.19 Å². The maximum absolute atomic E-state index is 13.1. The highest BCUT2D eigenvalue weighted by molar-refractivity contribution is 7.90. The van der Waals surface area contributed by atoms with Gasteiger partial charge >= 0.3 is 0 Å². The van der Waals surface area contributed by atoms with Crippen molar-refractivity contribution in [2.75, 3.05) is 12.8 Å². The number of ether oxygens (including phenoxy) is 1. The highest BCUT2D eigenvalue weighted by Crippen LogP contribution is 2.33. The molecular weight excluding hydrogens is 386 g/mol. The molecule has 2 N–H and O–H groups in total. The van der Waals surface area contributed by atoms with E-state index in [2.05, 4.69) is 5.10 Å². The Morgan fingerprint density at radius 1 is 1.00 bits per heavy atom. The lowest BCUT2D eigenvalue weighted by atomic mass is 9.84. The lowest BCUT2D eigenvalue weighted by molar-refractivity contribution is 0.415. The molecule has 0 radical (unpaired) electrons. The summed E-state index contributed by atoms with van der Waals surface area (Å²) in [7, 11) is -2.27. The molecule has 29 heavy (non-hydrogen) atoms. The quantitative estimate of drug-likeness (QED) is 0.671. The molecule has 0 spiro atoms. The van der Waals surface area contributed by atoms with Crippen molar-refractivity contribution < 1.29 is 13.2 Å². The van der Waals surface area contributed by atoms with Gasteiger partial charge in [-0.1, -0.05) is 31.4 Å². The molecule has 2 aromatic carbocycles. The molecule has 1 heterocycles. The van der Waals surface area contributed by atoms with E-state index in [4.69, 9.17) is 10.5 Å². The number of nitrogen functional groups attached to an aromatic ring is 1. The summed E-state index contributed by atoms with van der Waals surface area (Å²) in [5.41, 5.74) is 8.46. The fourth-order valence-electron chi connectivity index (χ4n) is 3.92. The van der Waals surface area contributed by atoms with Gasteiger partial charge in [0, 0.05) is 11.6 Å². The monoisotopic (exact) mass is 411 g/mol. The molecule has 1 fully saturated rings. The number of rotatable bonds is 5. The van der Waals surface area contributed by atoms with Crippen LogP contribution in [0, 0.1) is 0 Å². The fourth-order valence-corrected chi connectivity index (χ4v) is 5.13. The van der Waals surface area contributed by atoms with Gasteiger partial charge in [-0.3, -0.25) is 0 Å². The van der Waals surface area contributed by atoms with Crippen molar-refractivity contribution in [3.63, 3.8) is 0 Å². The van der Waals surface area contributed by atoms with Gasteiger partial charge < -0.3 is 10.5 Å². The van der Waals surface area contributed by atoms with Crippen LogP contribution >= 0.6 is 0 Å². The molecule has 1 aliphatic carbocycles. The normalized spacial score (nSPS) is 15.3. The van der Waals surface area contributed by atoms with E-state index >= 15 is 0 Å². The van der Waals surface area contributed by atoms with Crippen LogP contribution in [0.15, 0.2) is 59.5 Å². The van der Waals surface area contributed by atoms with Gasteiger partial charge in [0.15, 0.2) is 0 Å². The zero-order valence-electron chi connectivity index (χ0n) is 16.4. The summed E-state index contributed by atoms with van der Waals surface area (Å²) < 4.78 is 32.2. The largest absolute Gasteiger partial charge is 0.497 e. The minimum absolute atomic E-state index is 0.0761. The first-order valence-corrected chi connectivity index (χ1v) is 11.3. The molecule has 1 saturated carbocycles. The number of nitrogens with zero attached hydrogens (tertiary/aromatic N) is 2. The van der Waals surface area contributed by atoms with Crippen LogP contribution in [0.25, 0.3) is 11.3 Å². The molecule has 0 aliphatic heterocycles. The maximum atomic E-state index is 13.1. The zero-order chi connectivity index (χ0) is 20.4. The van der Waals surface area contributed by atoms with Crippen molar-refractivity contribution in [3.8, 4) is 17.0 Å². The van der Waals surface area contributed by atoms with E-state index < -0.39 is 10.0 Å². The molecule has 0 saturated heterocycles. The fraction of sp³-hybridized carbons (Fsp3) is 0.318. The number of aromatic nitrogens is 2. The Hall–Kier alpha value is -2.80. The first kappa shape index (κ1) is 19.5. The number of hydrogen-bond donors (Lipinski definition) is 1. The number of benzene rings is 2. The predicted molar refractivity (Wildman–Crippen MR) is 113 cm³/mol. The molecular formula is C22H25N3O3S. The van der Waals surface area contributed by atoms with Gasteiger partial charge in [0.05, 0.1) is 17.7 Å². The van der Waals surface area contributed by atoms with E-state index in [1.54, 1.807) is 37.4 Å². The Labute approximate surface area is 171 Å². The lowest BCUT2D eigenvalue weighted by Crippen LogP contribution is -2.17. The molecule has 0 atom stereocenters. The first-order chi connectivity index (χ1) is 14.0. The Balaban J connectivity index is 1.62. The second kappa shape index (κ2) is 7.91. The maximum Gasteiger partial charge on any atom is 0.284 e. The third-order valence-corrected chi connectivity index (χ3v) is 7.19. The standard InChI is InChI=1S/C22H25N3O3S/c1-28-19-11-7-18(8-12-19)21-15-22(23)25(24-21)29(26,27)20-13-9-17(10-14-20)16-5-3-2-4-6-16/h7-16H,2-6,23H2,1H3. The summed E-state index contributed by atoms with van der Waals surface area (Å²) in [5, 5.41) is 4.26. The SMILES string of the molecule is COc1ccc(-c2cc(N)n(S(=O)(=O)c3ccc(C4CCCCC4)cc3)n2)cc1. The Kier molecular flexibility index (Phi) is 5.32. The van der Waals surface area contributed by atoms with Gasteiger partial charge in [0.1, 0.15) is 11.6 Å². The van der Waals surface area contributed by atoms with Crippen LogP contribution in [0.3, 0.4) is 0 Å². The van der Waals surface area contributed by atoms with E-state index in [-0.39, 0.29) is 10.7 Å². The smallest absolute Gasteiger partial charge is 0.284 e. The summed E-state index contributed by atoms with van der Waals surface area (Å²) in [6.07, 6.45) is 6.11. The molecule has 0 bridgehead atoms. The summed E-state index contributed by atoms with van der Waals surface area (Å²) in [6.45, 7) is 0. The average Bonchev–Trinajstić information content (AvgIpc) is 3.17. The molecule has 3 aromatic rings. The minimum atomic E-state index is -3.86. The van der Waals surface area contributed by atoms with Crippen molar-refractivity contribution >= 4 is 15.8 Å². The average molecular weight is 412 g/mol. The number of hydrogen-bond acceptors (Lipinski definition) is 5. The van der Waals surface area contributed by atoms with Crippen molar-refractivity contribution in [2.24, 2.45) is 0 Å². The molecule has 4 rings (SSSR count). The molecule has 0 unspecified atom stereocenters. The van der Waals surface area contributed by atoms with E-state index in [1.807, 2.05) is 24.3 Å². The molecule has 7 heteroatoms. The van der Waals surface area contributed by atoms with Gasteiger partial charge in [0.25, 0.3) is 10.0 Å². The van der Waals surface area contributed by atoms with E-state index in [9.17, 15) is 8.42 Å². The van der Waals surface area contributed by atoms with E-state index in [1.165, 1.54) is 37.7 Å². The van der Waals surface area contributed by atoms with Gasteiger partial charge in [0.2, 0.25) is 0 Å². The van der Waals surface area contributed by atoms with Gasteiger partial charge in [-0.15, -0.1) is 4.09 Å². The second-order valence-corrected chi connectivity index (χ2v) is 9.20. The first-order valence-electron chi connectivity index (χ1n) is 9.84. The van der Waals surface area contributed by atoms with Crippen LogP contribution in [0.5, 0.6) is 5.75 Å². The van der Waals surface area contributed by atoms with E-state index in [0.717, 1.165) is 9.65 Å². The molecule has 1 aromatic heterocycles. The predicted octanol–water partition coefficient (Wildman–Crippen LogP) is 4.43. The highest BCUT2D eigenvalue weighted by Gasteiger charge is 2.23. The lowest BCUT2D eigenvalue weighted by Gasteiger charge is -2.22. The molecule has 1 aliphatic rings. The third kappa shape index (κ3) is 3.87. The summed E-state index contributed by atoms with van der Waals surface area (Å²) >= 11 is 0. The van der Waals surface area contributed by atoms with Crippen LogP contribution in [0.2, 0.25) is 0 Å². The van der Waals surface area contributed by atoms with Gasteiger partial charge in [-0.2, -0.15) is 13.5 Å². The number of nitrogens with two attached hydrogens (primary N) is 1. The minimum Gasteiger partial charge on any atom is -0.497 e. The summed E-state index contributed by atoms with van der Waals surface area (Å²) in [6, 6.07) is 16.0. The zero-order valence-corrected chi connectivity index (χ0v) is 17.2. The Morgan fingerprint density at radius 3 is 2.28 bits per heavy atom. The molecule has 6 nitrogen and oxygen atoms in total. The topological polar surface area (TPSA) is 87.2 Å². The number of methoxy groups -OCH3 is 1. The molecule has 0 amide bonds. The molecule has 152 valence electrons. The Bertz CT molecular complexity index is 1080. The van der Waals surface area contributed by atoms with Crippen LogP contribution in [0.4, 0.5) is 5.82 Å². The van der Waals surface area contributed by atoms with Crippen molar-refractivity contribution in [1.29, 1.82) is 0 Å². The van der Waals surface area contributed by atoms with Crippen LogP contribution in [-0.4, -0.2) is 24.7 Å². The Morgan fingerprint density at radius 2 is 1.66 bits per heavy atom. The van der Waals surface area contributed by atoms with Gasteiger partial charge in [-0.25, -0.2) is 0 Å². The van der Waals surface area contributed by atoms with E-state index in [0.29, 0.717) is 17.4 Å². The third-order valence-electron chi connectivity index (χ3n) is 5.57. The van der Waals surface area contributed by atoms with Crippen LogP contribution in [-0.2, 0) is 10.0 Å². The van der Waals surface area contributed by atoms with Crippen molar-refractivity contribution in [2.45, 2.75) is 42.9 Å².